The normalized spacial score (nSPS) is 25.1. The molecule has 0 amide bonds. The van der Waals surface area contributed by atoms with Crippen LogP contribution >= 0.6 is 0 Å². The Labute approximate surface area is 103 Å². The molecule has 1 heterocycles. The highest BCUT2D eigenvalue weighted by atomic mass is 16.5. The molecule has 1 aromatic heterocycles. The second-order valence-corrected chi connectivity index (χ2v) is 5.85. The molecule has 0 aliphatic heterocycles. The van der Waals surface area contributed by atoms with Gasteiger partial charge in [0.1, 0.15) is 0 Å². The van der Waals surface area contributed by atoms with E-state index < -0.39 is 0 Å². The van der Waals surface area contributed by atoms with Gasteiger partial charge >= 0.3 is 0 Å². The maximum atomic E-state index is 5.90. The molecule has 2 unspecified atom stereocenters. The second-order valence-electron chi connectivity index (χ2n) is 5.85. The maximum absolute atomic E-state index is 5.90. The van der Waals surface area contributed by atoms with Crippen molar-refractivity contribution in [3.8, 4) is 0 Å². The number of rotatable bonds is 4. The van der Waals surface area contributed by atoms with Crippen LogP contribution in [-0.4, -0.2) is 16.2 Å². The van der Waals surface area contributed by atoms with E-state index in [1.54, 1.807) is 0 Å². The van der Waals surface area contributed by atoms with Gasteiger partial charge < -0.3 is 10.3 Å². The molecule has 0 saturated heterocycles. The van der Waals surface area contributed by atoms with Crippen molar-refractivity contribution in [1.29, 1.82) is 0 Å². The first-order valence-electron chi connectivity index (χ1n) is 6.61. The van der Waals surface area contributed by atoms with Crippen molar-refractivity contribution < 1.29 is 4.52 Å². The summed E-state index contributed by atoms with van der Waals surface area (Å²) >= 11 is 0. The van der Waals surface area contributed by atoms with E-state index in [1.807, 2.05) is 0 Å². The molecule has 4 nitrogen and oxygen atoms in total. The van der Waals surface area contributed by atoms with Crippen molar-refractivity contribution in [2.45, 2.75) is 64.8 Å². The molecule has 1 aliphatic carbocycles. The summed E-state index contributed by atoms with van der Waals surface area (Å²) in [4.78, 5) is 4.52. The molecule has 0 spiro atoms. The van der Waals surface area contributed by atoms with Crippen LogP contribution in [-0.2, 0) is 6.42 Å². The first-order valence-corrected chi connectivity index (χ1v) is 6.61. The summed E-state index contributed by atoms with van der Waals surface area (Å²) < 4.78 is 5.41. The lowest BCUT2D eigenvalue weighted by molar-refractivity contribution is 0.260. The maximum Gasteiger partial charge on any atom is 0.230 e. The van der Waals surface area contributed by atoms with E-state index in [0.717, 1.165) is 24.6 Å². The van der Waals surface area contributed by atoms with Crippen LogP contribution < -0.4 is 5.73 Å². The van der Waals surface area contributed by atoms with E-state index in [4.69, 9.17) is 10.3 Å². The largest absolute Gasteiger partial charge is 0.339 e. The standard InChI is InChI=1S/C13H23N3O/c1-4-9(14)8-11-15-12(17-16-11)10-6-5-7-13(10,2)3/h9-10H,4-8,14H2,1-3H3. The summed E-state index contributed by atoms with van der Waals surface area (Å²) in [5, 5.41) is 4.05. The highest BCUT2D eigenvalue weighted by Crippen LogP contribution is 2.48. The highest BCUT2D eigenvalue weighted by molar-refractivity contribution is 5.04. The predicted molar refractivity (Wildman–Crippen MR) is 66.6 cm³/mol. The first kappa shape index (κ1) is 12.6. The topological polar surface area (TPSA) is 64.9 Å². The van der Waals surface area contributed by atoms with Gasteiger partial charge in [0.05, 0.1) is 0 Å². The van der Waals surface area contributed by atoms with Gasteiger partial charge in [-0.3, -0.25) is 0 Å². The third-order valence-corrected chi connectivity index (χ3v) is 4.01. The van der Waals surface area contributed by atoms with Gasteiger partial charge in [0, 0.05) is 18.4 Å². The molecule has 0 bridgehead atoms. The Morgan fingerprint density at radius 2 is 2.29 bits per heavy atom. The van der Waals surface area contributed by atoms with Crippen molar-refractivity contribution in [2.75, 3.05) is 0 Å². The molecular weight excluding hydrogens is 214 g/mol. The van der Waals surface area contributed by atoms with Crippen LogP contribution in [0.5, 0.6) is 0 Å². The quantitative estimate of drug-likeness (QED) is 0.874. The monoisotopic (exact) mass is 237 g/mol. The molecule has 2 N–H and O–H groups in total. The summed E-state index contributed by atoms with van der Waals surface area (Å²) in [7, 11) is 0. The molecule has 1 aliphatic rings. The van der Waals surface area contributed by atoms with Crippen molar-refractivity contribution in [2.24, 2.45) is 11.1 Å². The summed E-state index contributed by atoms with van der Waals surface area (Å²) in [6.45, 7) is 6.64. The fraction of sp³-hybridized carbons (Fsp3) is 0.846. The van der Waals surface area contributed by atoms with Crippen LogP contribution in [0.25, 0.3) is 0 Å². The van der Waals surface area contributed by atoms with Crippen molar-refractivity contribution >= 4 is 0 Å². The Morgan fingerprint density at radius 1 is 1.53 bits per heavy atom. The summed E-state index contributed by atoms with van der Waals surface area (Å²) in [6.07, 6.45) is 5.31. The third kappa shape index (κ3) is 2.68. The minimum absolute atomic E-state index is 0.136. The highest BCUT2D eigenvalue weighted by Gasteiger charge is 2.39. The second kappa shape index (κ2) is 4.77. The van der Waals surface area contributed by atoms with E-state index in [9.17, 15) is 0 Å². The lowest BCUT2D eigenvalue weighted by Gasteiger charge is -2.23. The zero-order valence-corrected chi connectivity index (χ0v) is 11.1. The summed E-state index contributed by atoms with van der Waals surface area (Å²) in [6, 6.07) is 0.136. The van der Waals surface area contributed by atoms with E-state index in [1.165, 1.54) is 12.8 Å². The summed E-state index contributed by atoms with van der Waals surface area (Å²) in [5.41, 5.74) is 6.19. The van der Waals surface area contributed by atoms with Crippen LogP contribution in [0.1, 0.15) is 64.1 Å². The number of aromatic nitrogens is 2. The van der Waals surface area contributed by atoms with Gasteiger partial charge in [-0.15, -0.1) is 0 Å². The molecule has 17 heavy (non-hydrogen) atoms. The minimum atomic E-state index is 0.136. The van der Waals surface area contributed by atoms with Gasteiger partial charge in [0.15, 0.2) is 5.82 Å². The van der Waals surface area contributed by atoms with E-state index in [-0.39, 0.29) is 11.5 Å². The lowest BCUT2D eigenvalue weighted by Crippen LogP contribution is -2.22. The van der Waals surface area contributed by atoms with Crippen LogP contribution in [0.2, 0.25) is 0 Å². The fourth-order valence-corrected chi connectivity index (χ4v) is 2.66. The number of nitrogens with two attached hydrogens (primary N) is 1. The van der Waals surface area contributed by atoms with Crippen LogP contribution in [0.3, 0.4) is 0 Å². The molecule has 96 valence electrons. The van der Waals surface area contributed by atoms with Gasteiger partial charge in [0.25, 0.3) is 0 Å². The molecule has 0 radical (unpaired) electrons. The van der Waals surface area contributed by atoms with Gasteiger partial charge in [-0.2, -0.15) is 4.98 Å². The average molecular weight is 237 g/mol. The third-order valence-electron chi connectivity index (χ3n) is 4.01. The van der Waals surface area contributed by atoms with Crippen LogP contribution in [0.15, 0.2) is 4.52 Å². The molecule has 0 aromatic carbocycles. The van der Waals surface area contributed by atoms with Crippen molar-refractivity contribution in [1.82, 2.24) is 10.1 Å². The Hall–Kier alpha value is -0.900. The smallest absolute Gasteiger partial charge is 0.230 e. The van der Waals surface area contributed by atoms with E-state index in [0.29, 0.717) is 12.3 Å². The van der Waals surface area contributed by atoms with Gasteiger partial charge in [-0.05, 0) is 24.7 Å². The lowest BCUT2D eigenvalue weighted by atomic mass is 9.82. The molecule has 1 saturated carbocycles. The Kier molecular flexibility index (Phi) is 3.52. The van der Waals surface area contributed by atoms with Crippen molar-refractivity contribution in [3.05, 3.63) is 11.7 Å². The number of hydrogen-bond acceptors (Lipinski definition) is 4. The predicted octanol–water partition coefficient (Wildman–Crippen LogP) is 2.64. The van der Waals surface area contributed by atoms with Crippen LogP contribution in [0.4, 0.5) is 0 Å². The molecule has 1 fully saturated rings. The average Bonchev–Trinajstić information content (AvgIpc) is 2.84. The van der Waals surface area contributed by atoms with Crippen LogP contribution in [0, 0.1) is 5.41 Å². The molecule has 4 heteroatoms. The first-order chi connectivity index (χ1) is 8.03. The molecular formula is C13H23N3O. The number of hydrogen-bond donors (Lipinski definition) is 1. The molecule has 2 rings (SSSR count). The Morgan fingerprint density at radius 3 is 2.88 bits per heavy atom. The van der Waals surface area contributed by atoms with Gasteiger partial charge in [0.2, 0.25) is 5.89 Å². The van der Waals surface area contributed by atoms with E-state index in [2.05, 4.69) is 30.9 Å². The zero-order valence-electron chi connectivity index (χ0n) is 11.1. The SMILES string of the molecule is CCC(N)Cc1noc(C2CCCC2(C)C)n1. The summed E-state index contributed by atoms with van der Waals surface area (Å²) in [5.74, 6) is 1.99. The molecule has 1 aromatic rings. The minimum Gasteiger partial charge on any atom is -0.339 e. The Balaban J connectivity index is 2.08. The zero-order chi connectivity index (χ0) is 12.5. The van der Waals surface area contributed by atoms with Gasteiger partial charge in [-0.1, -0.05) is 32.3 Å². The fourth-order valence-electron chi connectivity index (χ4n) is 2.66. The Bertz CT molecular complexity index is 372. The van der Waals surface area contributed by atoms with E-state index >= 15 is 0 Å². The van der Waals surface area contributed by atoms with Crippen molar-refractivity contribution in [3.63, 3.8) is 0 Å². The molecule has 2 atom stereocenters. The number of nitrogens with zero attached hydrogens (tertiary/aromatic N) is 2. The van der Waals surface area contributed by atoms with Gasteiger partial charge in [-0.25, -0.2) is 0 Å².